The molecule has 1 aliphatic rings. The maximum absolute atomic E-state index is 5.33. The third kappa shape index (κ3) is 2.65. The Labute approximate surface area is 103 Å². The zero-order chi connectivity index (χ0) is 12.3. The second-order valence-corrected chi connectivity index (χ2v) is 4.65. The summed E-state index contributed by atoms with van der Waals surface area (Å²) in [6.07, 6.45) is 5.22. The topological polar surface area (TPSA) is 30.5 Å². The Morgan fingerprint density at radius 2 is 1.65 bits per heavy atom. The first-order valence-electron chi connectivity index (χ1n) is 6.23. The van der Waals surface area contributed by atoms with Crippen LogP contribution in [0.2, 0.25) is 0 Å². The minimum atomic E-state index is 0.617. The summed E-state index contributed by atoms with van der Waals surface area (Å²) >= 11 is 0. The van der Waals surface area contributed by atoms with Crippen LogP contribution in [0.4, 0.5) is 5.69 Å². The fraction of sp³-hybridized carbons (Fsp3) is 0.571. The number of methoxy groups -OCH3 is 2. The molecule has 1 aromatic carbocycles. The van der Waals surface area contributed by atoms with Gasteiger partial charge in [-0.05, 0) is 31.4 Å². The van der Waals surface area contributed by atoms with Gasteiger partial charge in [-0.2, -0.15) is 0 Å². The summed E-state index contributed by atoms with van der Waals surface area (Å²) in [5, 5.41) is 3.60. The van der Waals surface area contributed by atoms with Crippen molar-refractivity contribution in [2.24, 2.45) is 0 Å². The number of aryl methyl sites for hydroxylation is 1. The van der Waals surface area contributed by atoms with Crippen LogP contribution < -0.4 is 14.8 Å². The molecular formula is C14H21NO2. The van der Waals surface area contributed by atoms with E-state index in [2.05, 4.69) is 12.2 Å². The highest BCUT2D eigenvalue weighted by Gasteiger charge is 2.16. The van der Waals surface area contributed by atoms with Crippen LogP contribution in [-0.4, -0.2) is 20.3 Å². The van der Waals surface area contributed by atoms with Crippen LogP contribution in [0.25, 0.3) is 0 Å². The van der Waals surface area contributed by atoms with Crippen molar-refractivity contribution in [3.63, 3.8) is 0 Å². The first-order chi connectivity index (χ1) is 8.24. The lowest BCUT2D eigenvalue weighted by molar-refractivity contribution is 0.355. The molecule has 2 rings (SSSR count). The Bertz CT molecular complexity index is 384. The van der Waals surface area contributed by atoms with Gasteiger partial charge < -0.3 is 14.8 Å². The summed E-state index contributed by atoms with van der Waals surface area (Å²) < 4.78 is 10.6. The number of benzene rings is 1. The predicted molar refractivity (Wildman–Crippen MR) is 70.2 cm³/mol. The zero-order valence-electron chi connectivity index (χ0n) is 10.9. The van der Waals surface area contributed by atoms with E-state index in [-0.39, 0.29) is 0 Å². The molecule has 1 aliphatic carbocycles. The molecule has 17 heavy (non-hydrogen) atoms. The molecule has 0 spiro atoms. The van der Waals surface area contributed by atoms with Gasteiger partial charge in [0.2, 0.25) is 0 Å². The number of nitrogens with one attached hydrogen (secondary N) is 1. The van der Waals surface area contributed by atoms with Gasteiger partial charge in [0.1, 0.15) is 0 Å². The molecule has 0 heterocycles. The molecule has 0 aliphatic heterocycles. The summed E-state index contributed by atoms with van der Waals surface area (Å²) in [4.78, 5) is 0. The van der Waals surface area contributed by atoms with E-state index >= 15 is 0 Å². The largest absolute Gasteiger partial charge is 0.493 e. The van der Waals surface area contributed by atoms with E-state index in [9.17, 15) is 0 Å². The molecule has 3 heteroatoms. The quantitative estimate of drug-likeness (QED) is 0.868. The Kier molecular flexibility index (Phi) is 3.77. The van der Waals surface area contributed by atoms with Crippen molar-refractivity contribution in [1.82, 2.24) is 0 Å². The van der Waals surface area contributed by atoms with Gasteiger partial charge in [-0.1, -0.05) is 12.8 Å². The van der Waals surface area contributed by atoms with Crippen LogP contribution in [0.15, 0.2) is 12.1 Å². The smallest absolute Gasteiger partial charge is 0.162 e. The highest BCUT2D eigenvalue weighted by Crippen LogP contribution is 2.34. The van der Waals surface area contributed by atoms with Crippen molar-refractivity contribution in [2.75, 3.05) is 19.5 Å². The molecule has 0 atom stereocenters. The highest BCUT2D eigenvalue weighted by atomic mass is 16.5. The lowest BCUT2D eigenvalue weighted by Gasteiger charge is -2.18. The van der Waals surface area contributed by atoms with Crippen LogP contribution in [0.1, 0.15) is 31.2 Å². The molecule has 1 aromatic rings. The van der Waals surface area contributed by atoms with Gasteiger partial charge >= 0.3 is 0 Å². The SMILES string of the molecule is COc1cc(C)c(NC2CCCC2)cc1OC. The fourth-order valence-electron chi connectivity index (χ4n) is 2.43. The molecule has 1 fully saturated rings. The van der Waals surface area contributed by atoms with Crippen molar-refractivity contribution in [1.29, 1.82) is 0 Å². The number of anilines is 1. The number of ether oxygens (including phenoxy) is 2. The summed E-state index contributed by atoms with van der Waals surface area (Å²) in [5.74, 6) is 1.58. The average molecular weight is 235 g/mol. The molecule has 1 N–H and O–H groups in total. The van der Waals surface area contributed by atoms with Gasteiger partial charge in [-0.25, -0.2) is 0 Å². The zero-order valence-corrected chi connectivity index (χ0v) is 10.9. The molecule has 94 valence electrons. The summed E-state index contributed by atoms with van der Waals surface area (Å²) in [7, 11) is 3.34. The lowest BCUT2D eigenvalue weighted by atomic mass is 10.1. The van der Waals surface area contributed by atoms with E-state index in [0.29, 0.717) is 6.04 Å². The Balaban J connectivity index is 2.20. The van der Waals surface area contributed by atoms with E-state index in [1.807, 2.05) is 12.1 Å². The second-order valence-electron chi connectivity index (χ2n) is 4.65. The van der Waals surface area contributed by atoms with Crippen LogP contribution in [0.3, 0.4) is 0 Å². The van der Waals surface area contributed by atoms with E-state index in [4.69, 9.17) is 9.47 Å². The molecule has 0 unspecified atom stereocenters. The van der Waals surface area contributed by atoms with Crippen LogP contribution in [-0.2, 0) is 0 Å². The molecule has 0 aromatic heterocycles. The van der Waals surface area contributed by atoms with Crippen molar-refractivity contribution in [3.05, 3.63) is 17.7 Å². The van der Waals surface area contributed by atoms with Crippen molar-refractivity contribution >= 4 is 5.69 Å². The van der Waals surface area contributed by atoms with E-state index in [1.54, 1.807) is 14.2 Å². The van der Waals surface area contributed by atoms with Gasteiger partial charge in [0.15, 0.2) is 11.5 Å². The highest BCUT2D eigenvalue weighted by molar-refractivity contribution is 5.60. The minimum absolute atomic E-state index is 0.617. The Morgan fingerprint density at radius 1 is 1.06 bits per heavy atom. The van der Waals surface area contributed by atoms with Crippen LogP contribution >= 0.6 is 0 Å². The maximum atomic E-state index is 5.33. The van der Waals surface area contributed by atoms with Gasteiger partial charge in [-0.3, -0.25) is 0 Å². The summed E-state index contributed by atoms with van der Waals surface area (Å²) in [5.41, 5.74) is 2.36. The molecule has 0 amide bonds. The van der Waals surface area contributed by atoms with E-state index < -0.39 is 0 Å². The first-order valence-corrected chi connectivity index (χ1v) is 6.23. The third-order valence-electron chi connectivity index (χ3n) is 3.45. The minimum Gasteiger partial charge on any atom is -0.493 e. The predicted octanol–water partition coefficient (Wildman–Crippen LogP) is 3.37. The summed E-state index contributed by atoms with van der Waals surface area (Å²) in [6, 6.07) is 4.68. The maximum Gasteiger partial charge on any atom is 0.162 e. The monoisotopic (exact) mass is 235 g/mol. The number of hydrogen-bond donors (Lipinski definition) is 1. The molecular weight excluding hydrogens is 214 g/mol. The summed E-state index contributed by atoms with van der Waals surface area (Å²) in [6.45, 7) is 2.10. The van der Waals surface area contributed by atoms with Crippen molar-refractivity contribution < 1.29 is 9.47 Å². The average Bonchev–Trinajstić information content (AvgIpc) is 2.84. The molecule has 0 bridgehead atoms. The van der Waals surface area contributed by atoms with Gasteiger partial charge in [-0.15, -0.1) is 0 Å². The van der Waals surface area contributed by atoms with E-state index in [0.717, 1.165) is 17.2 Å². The molecule has 3 nitrogen and oxygen atoms in total. The fourth-order valence-corrected chi connectivity index (χ4v) is 2.43. The van der Waals surface area contributed by atoms with Crippen LogP contribution in [0.5, 0.6) is 11.5 Å². The van der Waals surface area contributed by atoms with Gasteiger partial charge in [0, 0.05) is 17.8 Å². The van der Waals surface area contributed by atoms with Gasteiger partial charge in [0.05, 0.1) is 14.2 Å². The molecule has 0 radical (unpaired) electrons. The lowest BCUT2D eigenvalue weighted by Crippen LogP contribution is -2.15. The van der Waals surface area contributed by atoms with Crippen LogP contribution in [0, 0.1) is 6.92 Å². The van der Waals surface area contributed by atoms with Gasteiger partial charge in [0.25, 0.3) is 0 Å². The number of rotatable bonds is 4. The number of hydrogen-bond acceptors (Lipinski definition) is 3. The standard InChI is InChI=1S/C14H21NO2/c1-10-8-13(16-2)14(17-3)9-12(10)15-11-6-4-5-7-11/h8-9,11,15H,4-7H2,1-3H3. The third-order valence-corrected chi connectivity index (χ3v) is 3.45. The Hall–Kier alpha value is -1.38. The molecule has 1 saturated carbocycles. The van der Waals surface area contributed by atoms with E-state index in [1.165, 1.54) is 31.2 Å². The Morgan fingerprint density at radius 3 is 2.24 bits per heavy atom. The second kappa shape index (κ2) is 5.30. The van der Waals surface area contributed by atoms with Crippen molar-refractivity contribution in [2.45, 2.75) is 38.6 Å². The normalized spacial score (nSPS) is 15.9. The molecule has 0 saturated heterocycles. The van der Waals surface area contributed by atoms with Crippen molar-refractivity contribution in [3.8, 4) is 11.5 Å². The first kappa shape index (κ1) is 12.1.